The molecule has 13 heteroatoms. The molecule has 0 aromatic heterocycles. The second-order valence-corrected chi connectivity index (χ2v) is 7.81. The Bertz CT molecular complexity index is 999. The van der Waals surface area contributed by atoms with E-state index in [0.717, 1.165) is 6.07 Å². The minimum absolute atomic E-state index is 0.0438. The Kier molecular flexibility index (Phi) is 6.97. The Morgan fingerprint density at radius 2 is 2.06 bits per heavy atom. The second-order valence-electron chi connectivity index (χ2n) is 7.81. The van der Waals surface area contributed by atoms with Gasteiger partial charge in [-0.15, -0.1) is 0 Å². The van der Waals surface area contributed by atoms with Gasteiger partial charge in [0.05, 0.1) is 31.4 Å². The van der Waals surface area contributed by atoms with Crippen LogP contribution in [-0.4, -0.2) is 59.4 Å². The van der Waals surface area contributed by atoms with Crippen molar-refractivity contribution in [2.45, 2.75) is 30.7 Å². The van der Waals surface area contributed by atoms with Crippen molar-refractivity contribution < 1.29 is 32.9 Å². The van der Waals surface area contributed by atoms with Crippen molar-refractivity contribution in [2.75, 3.05) is 19.8 Å². The summed E-state index contributed by atoms with van der Waals surface area (Å²) in [6.07, 6.45) is -0.246. The number of carbonyl (C=O) groups excluding carboxylic acids is 1. The number of ether oxygens (including phenoxy) is 1. The van der Waals surface area contributed by atoms with Crippen LogP contribution in [0.1, 0.15) is 17.2 Å². The summed E-state index contributed by atoms with van der Waals surface area (Å²) in [4.78, 5) is 12.9. The molecule has 3 unspecified atom stereocenters. The highest BCUT2D eigenvalue weighted by molar-refractivity contribution is 5.94. The fourth-order valence-corrected chi connectivity index (χ4v) is 3.71. The van der Waals surface area contributed by atoms with Crippen LogP contribution in [0.4, 0.5) is 13.2 Å². The molecule has 1 amide bonds. The molecule has 4 atom stereocenters. The highest BCUT2D eigenvalue weighted by Crippen LogP contribution is 2.36. The molecule has 184 valence electrons. The molecule has 1 aromatic rings. The van der Waals surface area contributed by atoms with Crippen molar-refractivity contribution in [3.05, 3.63) is 71.5 Å². The Morgan fingerprint density at radius 1 is 1.26 bits per heavy atom. The topological polar surface area (TPSA) is 130 Å². The van der Waals surface area contributed by atoms with Crippen LogP contribution in [0.3, 0.4) is 0 Å². The van der Waals surface area contributed by atoms with Crippen LogP contribution in [0.25, 0.3) is 0 Å². The Balaban J connectivity index is 1.41. The summed E-state index contributed by atoms with van der Waals surface area (Å²) in [5.74, 6) is -0.215. The summed E-state index contributed by atoms with van der Waals surface area (Å²) in [5, 5.41) is 31.3. The number of rotatable bonds is 7. The molecule has 34 heavy (non-hydrogen) atoms. The Labute approximate surface area is 193 Å². The number of carbonyl (C=O) groups is 1. The number of hydrogen-bond acceptors (Lipinski definition) is 9. The van der Waals surface area contributed by atoms with Gasteiger partial charge >= 0.3 is 6.18 Å². The summed E-state index contributed by atoms with van der Waals surface area (Å²) in [6.45, 7) is -0.172. The van der Waals surface area contributed by atoms with Gasteiger partial charge in [0, 0.05) is 12.4 Å². The molecule has 4 rings (SSSR count). The van der Waals surface area contributed by atoms with Crippen molar-refractivity contribution in [3.8, 4) is 0 Å². The summed E-state index contributed by atoms with van der Waals surface area (Å²) in [7, 11) is 0. The molecule has 0 saturated heterocycles. The van der Waals surface area contributed by atoms with E-state index in [1.54, 1.807) is 12.2 Å². The van der Waals surface area contributed by atoms with Crippen LogP contribution in [-0.2, 0) is 15.7 Å². The number of benzene rings is 1. The second kappa shape index (κ2) is 9.93. The van der Waals surface area contributed by atoms with Crippen molar-refractivity contribution in [3.63, 3.8) is 0 Å². The molecule has 10 nitrogen and oxygen atoms in total. The molecule has 3 heterocycles. The molecule has 0 saturated carbocycles. The van der Waals surface area contributed by atoms with E-state index >= 15 is 0 Å². The van der Waals surface area contributed by atoms with E-state index in [2.05, 4.69) is 26.7 Å². The van der Waals surface area contributed by atoms with E-state index in [9.17, 15) is 23.1 Å². The molecule has 1 aromatic carbocycles. The molecule has 0 fully saturated rings. The smallest absolute Gasteiger partial charge is 0.394 e. The quantitative estimate of drug-likeness (QED) is 0.262. The van der Waals surface area contributed by atoms with Gasteiger partial charge in [0.2, 0.25) is 0 Å². The average Bonchev–Trinajstić information content (AvgIpc) is 3.25. The molecule has 3 aliphatic rings. The zero-order valence-corrected chi connectivity index (χ0v) is 17.8. The molecule has 0 spiro atoms. The van der Waals surface area contributed by atoms with Crippen molar-refractivity contribution in [1.29, 1.82) is 0 Å². The van der Waals surface area contributed by atoms with Gasteiger partial charge in [0.1, 0.15) is 30.0 Å². The van der Waals surface area contributed by atoms with E-state index in [4.69, 9.17) is 9.84 Å². The molecule has 7 N–H and O–H groups in total. The third-order valence-electron chi connectivity index (χ3n) is 5.34. The standard InChI is InChI=1S/C21H25F3N6O4/c22-21(23,24)14-4-2-1-3-13(14)15-5-6-18-26-7-16(30(18)29-15)20(33)28-17-8-25-9-19(27-17)34-11-12(32)10-31/h1-8,12,15,18-19,25-27,29,31-32H,9-11H2,(H,28,33)/t12-,15?,18?,19?/m0/s1. The largest absolute Gasteiger partial charge is 0.416 e. The van der Waals surface area contributed by atoms with Crippen LogP contribution in [0, 0.1) is 0 Å². The summed E-state index contributed by atoms with van der Waals surface area (Å²) < 4.78 is 45.9. The first-order valence-electron chi connectivity index (χ1n) is 10.5. The van der Waals surface area contributed by atoms with Gasteiger partial charge in [-0.2, -0.15) is 13.2 Å². The summed E-state index contributed by atoms with van der Waals surface area (Å²) in [6, 6.07) is 4.49. The Hall–Kier alpha value is -3.26. The molecular weight excluding hydrogens is 457 g/mol. The van der Waals surface area contributed by atoms with Gasteiger partial charge in [-0.3, -0.25) is 9.80 Å². The first kappa shape index (κ1) is 23.9. The SMILES string of the molecule is O=C(NC1=CNCC(OC[C@@H](O)CO)N1)C1=CNC2C=CC(c3ccccc3C(F)(F)F)NN12. The van der Waals surface area contributed by atoms with Crippen LogP contribution in [0.5, 0.6) is 0 Å². The lowest BCUT2D eigenvalue weighted by atomic mass is 9.99. The van der Waals surface area contributed by atoms with E-state index < -0.39 is 48.8 Å². The lowest BCUT2D eigenvalue weighted by Crippen LogP contribution is -2.53. The van der Waals surface area contributed by atoms with Gasteiger partial charge in [0.25, 0.3) is 5.91 Å². The van der Waals surface area contributed by atoms with Crippen molar-refractivity contribution in [2.24, 2.45) is 0 Å². The third-order valence-corrected chi connectivity index (χ3v) is 5.34. The van der Waals surface area contributed by atoms with Crippen LogP contribution < -0.4 is 26.7 Å². The fourth-order valence-electron chi connectivity index (χ4n) is 3.71. The summed E-state index contributed by atoms with van der Waals surface area (Å²) in [5.41, 5.74) is 2.45. The minimum Gasteiger partial charge on any atom is -0.394 e. The number of halogens is 3. The number of aliphatic hydroxyl groups excluding tert-OH is 2. The van der Waals surface area contributed by atoms with Crippen LogP contribution in [0.2, 0.25) is 0 Å². The van der Waals surface area contributed by atoms with E-state index in [1.165, 1.54) is 35.6 Å². The number of alkyl halides is 3. The summed E-state index contributed by atoms with van der Waals surface area (Å²) >= 11 is 0. The monoisotopic (exact) mass is 482 g/mol. The number of fused-ring (bicyclic) bond motifs is 1. The van der Waals surface area contributed by atoms with Crippen LogP contribution >= 0.6 is 0 Å². The fraction of sp³-hybridized carbons (Fsp3) is 0.381. The lowest BCUT2D eigenvalue weighted by Gasteiger charge is -2.35. The van der Waals surface area contributed by atoms with Gasteiger partial charge in [0.15, 0.2) is 0 Å². The lowest BCUT2D eigenvalue weighted by molar-refractivity contribution is -0.138. The zero-order valence-electron chi connectivity index (χ0n) is 17.8. The maximum absolute atomic E-state index is 13.5. The highest BCUT2D eigenvalue weighted by Gasteiger charge is 2.38. The number of hydrazine groups is 1. The molecule has 0 bridgehead atoms. The number of aliphatic hydroxyl groups is 2. The maximum atomic E-state index is 13.5. The minimum atomic E-state index is -4.51. The zero-order chi connectivity index (χ0) is 24.3. The normalized spacial score (nSPS) is 24.7. The molecule has 3 aliphatic heterocycles. The average molecular weight is 482 g/mol. The highest BCUT2D eigenvalue weighted by atomic mass is 19.4. The van der Waals surface area contributed by atoms with Crippen molar-refractivity contribution in [1.82, 2.24) is 31.7 Å². The first-order chi connectivity index (χ1) is 16.3. The van der Waals surface area contributed by atoms with E-state index in [0.29, 0.717) is 12.4 Å². The third kappa shape index (κ3) is 5.28. The van der Waals surface area contributed by atoms with Gasteiger partial charge in [-0.1, -0.05) is 24.3 Å². The predicted molar refractivity (Wildman–Crippen MR) is 114 cm³/mol. The predicted octanol–water partition coefficient (Wildman–Crippen LogP) is -0.303. The number of amides is 1. The molecule has 0 aliphatic carbocycles. The van der Waals surface area contributed by atoms with Crippen LogP contribution in [0.15, 0.2) is 60.3 Å². The van der Waals surface area contributed by atoms with E-state index in [-0.39, 0.29) is 17.9 Å². The maximum Gasteiger partial charge on any atom is 0.416 e. The number of hydrogen-bond donors (Lipinski definition) is 7. The number of nitrogens with one attached hydrogen (secondary N) is 5. The van der Waals surface area contributed by atoms with Gasteiger partial charge < -0.3 is 36.2 Å². The molecular formula is C21H25F3N6O4. The van der Waals surface area contributed by atoms with Gasteiger partial charge in [-0.25, -0.2) is 5.43 Å². The Morgan fingerprint density at radius 3 is 2.82 bits per heavy atom. The van der Waals surface area contributed by atoms with Gasteiger partial charge in [-0.05, 0) is 17.7 Å². The first-order valence-corrected chi connectivity index (χ1v) is 10.5. The van der Waals surface area contributed by atoms with Crippen molar-refractivity contribution >= 4 is 5.91 Å². The number of nitrogens with zero attached hydrogens (tertiary/aromatic N) is 1. The molecule has 0 radical (unpaired) electrons. The van der Waals surface area contributed by atoms with E-state index in [1.807, 2.05) is 0 Å².